The predicted octanol–water partition coefficient (Wildman–Crippen LogP) is 3.19. The van der Waals surface area contributed by atoms with Crippen LogP contribution in [0.15, 0.2) is 18.2 Å². The van der Waals surface area contributed by atoms with Gasteiger partial charge in [-0.25, -0.2) is 4.39 Å². The third-order valence-electron chi connectivity index (χ3n) is 2.95. The van der Waals surface area contributed by atoms with Crippen molar-refractivity contribution in [2.24, 2.45) is 5.92 Å². The number of hydrogen-bond acceptors (Lipinski definition) is 1. The molecule has 1 aromatic rings. The Hall–Kier alpha value is -0.600. The second-order valence-corrected chi connectivity index (χ2v) is 4.49. The first kappa shape index (κ1) is 10.9. The van der Waals surface area contributed by atoms with Crippen LogP contribution in [-0.2, 0) is 0 Å². The molecule has 82 valence electrons. The fraction of sp³-hybridized carbons (Fsp3) is 0.500. The zero-order chi connectivity index (χ0) is 10.8. The number of nitrogens with one attached hydrogen (secondary N) is 1. The van der Waals surface area contributed by atoms with Gasteiger partial charge < -0.3 is 5.32 Å². The number of rotatable bonds is 4. The lowest BCUT2D eigenvalue weighted by atomic mass is 10.1. The van der Waals surface area contributed by atoms with E-state index in [9.17, 15) is 4.39 Å². The van der Waals surface area contributed by atoms with Crippen LogP contribution in [0.25, 0.3) is 0 Å². The number of hydrogen-bond donors (Lipinski definition) is 1. The Morgan fingerprint density at radius 1 is 1.53 bits per heavy atom. The summed E-state index contributed by atoms with van der Waals surface area (Å²) in [6.07, 6.45) is 1.19. The summed E-state index contributed by atoms with van der Waals surface area (Å²) in [4.78, 5) is 0. The zero-order valence-corrected chi connectivity index (χ0v) is 9.52. The van der Waals surface area contributed by atoms with Crippen molar-refractivity contribution in [3.8, 4) is 0 Å². The van der Waals surface area contributed by atoms with Crippen molar-refractivity contribution < 1.29 is 4.39 Å². The molecule has 1 aliphatic rings. The first-order chi connectivity index (χ1) is 7.22. The maximum atomic E-state index is 12.9. The van der Waals surface area contributed by atoms with E-state index in [1.165, 1.54) is 18.1 Å². The molecule has 0 amide bonds. The summed E-state index contributed by atoms with van der Waals surface area (Å²) in [5.41, 5.74) is 1.17. The molecule has 2 unspecified atom stereocenters. The molecule has 15 heavy (non-hydrogen) atoms. The Morgan fingerprint density at radius 3 is 3.00 bits per heavy atom. The normalized spacial score (nSPS) is 24.2. The van der Waals surface area contributed by atoms with Gasteiger partial charge in [0.2, 0.25) is 0 Å². The maximum absolute atomic E-state index is 12.9. The first-order valence-corrected chi connectivity index (χ1v) is 5.75. The summed E-state index contributed by atoms with van der Waals surface area (Å²) in [5, 5.41) is 3.57. The van der Waals surface area contributed by atoms with Gasteiger partial charge in [0.15, 0.2) is 0 Å². The molecule has 0 aromatic heterocycles. The van der Waals surface area contributed by atoms with E-state index in [0.29, 0.717) is 11.8 Å². The SMILES string of the molecule is CCNCC1CC1c1ccc(F)c(Cl)c1. The van der Waals surface area contributed by atoms with E-state index in [0.717, 1.165) is 13.1 Å². The molecule has 0 aliphatic heterocycles. The Bertz CT molecular complexity index is 353. The second-order valence-electron chi connectivity index (χ2n) is 4.08. The van der Waals surface area contributed by atoms with Crippen LogP contribution in [0, 0.1) is 11.7 Å². The summed E-state index contributed by atoms with van der Waals surface area (Å²) in [7, 11) is 0. The summed E-state index contributed by atoms with van der Waals surface area (Å²) in [6.45, 7) is 4.16. The van der Waals surface area contributed by atoms with E-state index < -0.39 is 0 Å². The monoisotopic (exact) mass is 227 g/mol. The topological polar surface area (TPSA) is 12.0 Å². The Kier molecular flexibility index (Phi) is 3.27. The predicted molar refractivity (Wildman–Crippen MR) is 60.8 cm³/mol. The molecule has 1 N–H and O–H groups in total. The van der Waals surface area contributed by atoms with E-state index in [2.05, 4.69) is 12.2 Å². The maximum Gasteiger partial charge on any atom is 0.141 e. The van der Waals surface area contributed by atoms with Crippen LogP contribution in [-0.4, -0.2) is 13.1 Å². The van der Waals surface area contributed by atoms with Gasteiger partial charge in [-0.3, -0.25) is 0 Å². The lowest BCUT2D eigenvalue weighted by Gasteiger charge is -2.02. The molecule has 1 aliphatic carbocycles. The van der Waals surface area contributed by atoms with Crippen molar-refractivity contribution >= 4 is 11.6 Å². The quantitative estimate of drug-likeness (QED) is 0.833. The number of benzene rings is 1. The minimum absolute atomic E-state index is 0.238. The molecular formula is C12H15ClFN. The Balaban J connectivity index is 1.98. The molecule has 3 heteroatoms. The van der Waals surface area contributed by atoms with Crippen LogP contribution >= 0.6 is 11.6 Å². The average Bonchev–Trinajstić information content (AvgIpc) is 2.98. The molecule has 0 heterocycles. The van der Waals surface area contributed by atoms with Gasteiger partial charge in [0.1, 0.15) is 5.82 Å². The molecule has 2 rings (SSSR count). The van der Waals surface area contributed by atoms with Crippen LogP contribution in [0.5, 0.6) is 0 Å². The van der Waals surface area contributed by atoms with Gasteiger partial charge in [0.25, 0.3) is 0 Å². The smallest absolute Gasteiger partial charge is 0.141 e. The summed E-state index contributed by atoms with van der Waals surface area (Å²) >= 11 is 5.75. The van der Waals surface area contributed by atoms with Crippen molar-refractivity contribution in [3.63, 3.8) is 0 Å². The molecule has 1 fully saturated rings. The van der Waals surface area contributed by atoms with Crippen molar-refractivity contribution in [2.45, 2.75) is 19.3 Å². The third-order valence-corrected chi connectivity index (χ3v) is 3.24. The van der Waals surface area contributed by atoms with Gasteiger partial charge >= 0.3 is 0 Å². The molecule has 1 nitrogen and oxygen atoms in total. The van der Waals surface area contributed by atoms with Crippen LogP contribution in [0.2, 0.25) is 5.02 Å². The zero-order valence-electron chi connectivity index (χ0n) is 8.76. The minimum atomic E-state index is -0.329. The molecule has 1 saturated carbocycles. The van der Waals surface area contributed by atoms with Crippen molar-refractivity contribution in [2.75, 3.05) is 13.1 Å². The molecule has 1 aromatic carbocycles. The van der Waals surface area contributed by atoms with Crippen LogP contribution in [0.3, 0.4) is 0 Å². The highest BCUT2D eigenvalue weighted by atomic mass is 35.5. The summed E-state index contributed by atoms with van der Waals surface area (Å²) in [5.74, 6) is 0.943. The van der Waals surface area contributed by atoms with Crippen LogP contribution in [0.4, 0.5) is 4.39 Å². The molecule has 0 radical (unpaired) electrons. The molecule has 0 bridgehead atoms. The average molecular weight is 228 g/mol. The standard InChI is InChI=1S/C12H15ClFN/c1-2-15-7-9-5-10(9)8-3-4-12(14)11(13)6-8/h3-4,6,9-10,15H,2,5,7H2,1H3. The Labute approximate surface area is 94.6 Å². The highest BCUT2D eigenvalue weighted by Gasteiger charge is 2.37. The lowest BCUT2D eigenvalue weighted by molar-refractivity contribution is 0.626. The fourth-order valence-electron chi connectivity index (χ4n) is 1.95. The van der Waals surface area contributed by atoms with Gasteiger partial charge in [-0.15, -0.1) is 0 Å². The minimum Gasteiger partial charge on any atom is -0.317 e. The van der Waals surface area contributed by atoms with E-state index in [1.54, 1.807) is 6.07 Å². The molecule has 0 saturated heterocycles. The van der Waals surface area contributed by atoms with Crippen molar-refractivity contribution in [1.82, 2.24) is 5.32 Å². The van der Waals surface area contributed by atoms with E-state index in [4.69, 9.17) is 11.6 Å². The fourth-order valence-corrected chi connectivity index (χ4v) is 2.14. The van der Waals surface area contributed by atoms with Crippen LogP contribution < -0.4 is 5.32 Å². The van der Waals surface area contributed by atoms with Crippen molar-refractivity contribution in [3.05, 3.63) is 34.6 Å². The molecule has 0 spiro atoms. The summed E-state index contributed by atoms with van der Waals surface area (Å²) < 4.78 is 12.9. The van der Waals surface area contributed by atoms with E-state index >= 15 is 0 Å². The van der Waals surface area contributed by atoms with Crippen molar-refractivity contribution in [1.29, 1.82) is 0 Å². The van der Waals surface area contributed by atoms with Crippen LogP contribution in [0.1, 0.15) is 24.8 Å². The van der Waals surface area contributed by atoms with E-state index in [-0.39, 0.29) is 10.8 Å². The summed E-state index contributed by atoms with van der Waals surface area (Å²) in [6, 6.07) is 5.06. The first-order valence-electron chi connectivity index (χ1n) is 5.38. The van der Waals surface area contributed by atoms with E-state index in [1.807, 2.05) is 6.07 Å². The van der Waals surface area contributed by atoms with Gasteiger partial charge in [0, 0.05) is 0 Å². The highest BCUT2D eigenvalue weighted by Crippen LogP contribution is 2.47. The highest BCUT2D eigenvalue weighted by molar-refractivity contribution is 6.30. The van der Waals surface area contributed by atoms with Gasteiger partial charge in [-0.1, -0.05) is 24.6 Å². The Morgan fingerprint density at radius 2 is 2.33 bits per heavy atom. The third kappa shape index (κ3) is 2.50. The lowest BCUT2D eigenvalue weighted by Crippen LogP contribution is -2.16. The van der Waals surface area contributed by atoms with Gasteiger partial charge in [-0.2, -0.15) is 0 Å². The number of halogens is 2. The second kappa shape index (κ2) is 4.50. The molecule has 2 atom stereocenters. The van der Waals surface area contributed by atoms with Gasteiger partial charge in [-0.05, 0) is 49.0 Å². The molecular weight excluding hydrogens is 213 g/mol. The van der Waals surface area contributed by atoms with Gasteiger partial charge in [0.05, 0.1) is 5.02 Å². The largest absolute Gasteiger partial charge is 0.317 e.